The van der Waals surface area contributed by atoms with Gasteiger partial charge in [0.05, 0.1) is 12.5 Å². The number of carbonyl (C=O) groups excluding carboxylic acids is 1. The van der Waals surface area contributed by atoms with Gasteiger partial charge in [-0.2, -0.15) is 0 Å². The highest BCUT2D eigenvalue weighted by Crippen LogP contribution is 2.35. The van der Waals surface area contributed by atoms with E-state index in [1.54, 1.807) is 6.07 Å². The van der Waals surface area contributed by atoms with Crippen LogP contribution in [-0.4, -0.2) is 17.1 Å². The zero-order valence-corrected chi connectivity index (χ0v) is 14.1. The Kier molecular flexibility index (Phi) is 4.42. The first kappa shape index (κ1) is 16.0. The van der Waals surface area contributed by atoms with Gasteiger partial charge in [0.15, 0.2) is 0 Å². The van der Waals surface area contributed by atoms with E-state index in [9.17, 15) is 9.18 Å². The van der Waals surface area contributed by atoms with Crippen LogP contribution in [-0.2, 0) is 28.9 Å². The molecule has 2 aromatic rings. The van der Waals surface area contributed by atoms with Gasteiger partial charge in [-0.1, -0.05) is 13.8 Å². The Hall–Kier alpha value is -1.84. The molecule has 0 bridgehead atoms. The smallest absolute Gasteiger partial charge is 0.309 e. The van der Waals surface area contributed by atoms with Crippen LogP contribution < -0.4 is 0 Å². The molecule has 0 radical (unpaired) electrons. The SMILES string of the molecule is CCOC(=O)C1CCc2c(c3cc(F)ccc3n2CC(C)C)C1. The molecule has 1 aliphatic rings. The van der Waals surface area contributed by atoms with Crippen LogP contribution >= 0.6 is 0 Å². The molecule has 1 aromatic carbocycles. The molecule has 0 amide bonds. The standard InChI is InChI=1S/C19H24FNO2/c1-4-23-19(22)13-5-7-17-15(9-13)16-10-14(20)6-8-18(16)21(17)11-12(2)3/h6,8,10,12-13H,4-5,7,9,11H2,1-3H3. The van der Waals surface area contributed by atoms with Crippen molar-refractivity contribution >= 4 is 16.9 Å². The third-order valence-corrected chi connectivity index (χ3v) is 4.60. The van der Waals surface area contributed by atoms with E-state index in [0.29, 0.717) is 18.9 Å². The maximum absolute atomic E-state index is 13.8. The summed E-state index contributed by atoms with van der Waals surface area (Å²) in [5, 5.41) is 0.953. The second-order valence-electron chi connectivity index (χ2n) is 6.78. The monoisotopic (exact) mass is 317 g/mol. The van der Waals surface area contributed by atoms with Crippen LogP contribution in [0.3, 0.4) is 0 Å². The van der Waals surface area contributed by atoms with Crippen LogP contribution in [0.4, 0.5) is 4.39 Å². The highest BCUT2D eigenvalue weighted by atomic mass is 19.1. The minimum absolute atomic E-state index is 0.108. The maximum atomic E-state index is 13.8. The molecule has 1 heterocycles. The van der Waals surface area contributed by atoms with Crippen molar-refractivity contribution in [2.24, 2.45) is 11.8 Å². The van der Waals surface area contributed by atoms with E-state index in [0.717, 1.165) is 35.9 Å². The topological polar surface area (TPSA) is 31.2 Å². The van der Waals surface area contributed by atoms with E-state index in [2.05, 4.69) is 18.4 Å². The average molecular weight is 317 g/mol. The number of carbonyl (C=O) groups is 1. The first-order valence-electron chi connectivity index (χ1n) is 8.47. The molecule has 0 fully saturated rings. The van der Waals surface area contributed by atoms with Gasteiger partial charge in [-0.25, -0.2) is 4.39 Å². The molecule has 124 valence electrons. The lowest BCUT2D eigenvalue weighted by atomic mass is 9.86. The number of benzene rings is 1. The minimum Gasteiger partial charge on any atom is -0.466 e. The zero-order chi connectivity index (χ0) is 16.6. The van der Waals surface area contributed by atoms with Gasteiger partial charge in [-0.3, -0.25) is 4.79 Å². The van der Waals surface area contributed by atoms with Crippen LogP contribution in [0.25, 0.3) is 10.9 Å². The number of rotatable bonds is 4. The van der Waals surface area contributed by atoms with Gasteiger partial charge in [0.25, 0.3) is 0 Å². The van der Waals surface area contributed by atoms with Crippen LogP contribution in [0.1, 0.15) is 38.4 Å². The number of esters is 1. The summed E-state index contributed by atoms with van der Waals surface area (Å²) in [6, 6.07) is 5.00. The largest absolute Gasteiger partial charge is 0.466 e. The molecule has 0 N–H and O–H groups in total. The van der Waals surface area contributed by atoms with Gasteiger partial charge >= 0.3 is 5.97 Å². The number of hydrogen-bond donors (Lipinski definition) is 0. The van der Waals surface area contributed by atoms with Crippen molar-refractivity contribution in [3.63, 3.8) is 0 Å². The van der Waals surface area contributed by atoms with Crippen molar-refractivity contribution in [2.45, 2.75) is 46.6 Å². The quantitative estimate of drug-likeness (QED) is 0.795. The van der Waals surface area contributed by atoms with E-state index in [-0.39, 0.29) is 17.7 Å². The highest BCUT2D eigenvalue weighted by molar-refractivity contribution is 5.87. The summed E-state index contributed by atoms with van der Waals surface area (Å²) in [5.74, 6) is 0.0610. The molecule has 3 rings (SSSR count). The minimum atomic E-state index is -0.222. The summed E-state index contributed by atoms with van der Waals surface area (Å²) in [4.78, 5) is 12.1. The van der Waals surface area contributed by atoms with Gasteiger partial charge in [0.1, 0.15) is 5.82 Å². The number of aromatic nitrogens is 1. The molecular weight excluding hydrogens is 293 g/mol. The van der Waals surface area contributed by atoms with Crippen molar-refractivity contribution < 1.29 is 13.9 Å². The van der Waals surface area contributed by atoms with Crippen LogP contribution in [0.5, 0.6) is 0 Å². The molecule has 1 aliphatic carbocycles. The van der Waals surface area contributed by atoms with E-state index in [1.165, 1.54) is 11.8 Å². The molecule has 0 spiro atoms. The fourth-order valence-corrected chi connectivity index (χ4v) is 3.66. The van der Waals surface area contributed by atoms with Gasteiger partial charge in [0, 0.05) is 23.1 Å². The fourth-order valence-electron chi connectivity index (χ4n) is 3.66. The van der Waals surface area contributed by atoms with Gasteiger partial charge in [-0.15, -0.1) is 0 Å². The summed E-state index contributed by atoms with van der Waals surface area (Å²) in [6.07, 6.45) is 2.31. The van der Waals surface area contributed by atoms with Crippen molar-refractivity contribution in [3.8, 4) is 0 Å². The predicted octanol–water partition coefficient (Wildman–Crippen LogP) is 4.10. The Morgan fingerprint density at radius 3 is 2.91 bits per heavy atom. The molecular formula is C19H24FNO2. The first-order valence-corrected chi connectivity index (χ1v) is 8.47. The molecule has 1 atom stereocenters. The number of halogens is 1. The van der Waals surface area contributed by atoms with Crippen molar-refractivity contribution in [1.82, 2.24) is 4.57 Å². The Labute approximate surface area is 136 Å². The van der Waals surface area contributed by atoms with Gasteiger partial charge in [0.2, 0.25) is 0 Å². The van der Waals surface area contributed by atoms with Crippen LogP contribution in [0, 0.1) is 17.7 Å². The Balaban J connectivity index is 2.06. The molecule has 23 heavy (non-hydrogen) atoms. The summed E-state index contributed by atoms with van der Waals surface area (Å²) >= 11 is 0. The lowest BCUT2D eigenvalue weighted by Crippen LogP contribution is -2.25. The highest BCUT2D eigenvalue weighted by Gasteiger charge is 2.30. The molecule has 0 saturated carbocycles. The normalized spacial score (nSPS) is 17.5. The third kappa shape index (κ3) is 2.99. The second-order valence-corrected chi connectivity index (χ2v) is 6.78. The predicted molar refractivity (Wildman–Crippen MR) is 88.9 cm³/mol. The lowest BCUT2D eigenvalue weighted by Gasteiger charge is -2.23. The summed E-state index contributed by atoms with van der Waals surface area (Å²) in [5.41, 5.74) is 3.47. The lowest BCUT2D eigenvalue weighted by molar-refractivity contribution is -0.148. The van der Waals surface area contributed by atoms with Gasteiger partial charge in [-0.05, 0) is 55.9 Å². The van der Waals surface area contributed by atoms with E-state index in [4.69, 9.17) is 4.74 Å². The van der Waals surface area contributed by atoms with Crippen LogP contribution in [0.2, 0.25) is 0 Å². The zero-order valence-electron chi connectivity index (χ0n) is 14.1. The summed E-state index contributed by atoms with van der Waals surface area (Å²) in [7, 11) is 0. The molecule has 1 unspecified atom stereocenters. The van der Waals surface area contributed by atoms with Crippen molar-refractivity contribution in [3.05, 3.63) is 35.3 Å². The number of ether oxygens (including phenoxy) is 1. The Morgan fingerprint density at radius 1 is 1.43 bits per heavy atom. The van der Waals surface area contributed by atoms with Crippen molar-refractivity contribution in [1.29, 1.82) is 0 Å². The molecule has 4 heteroatoms. The summed E-state index contributed by atoms with van der Waals surface area (Å²) in [6.45, 7) is 7.53. The molecule has 1 aromatic heterocycles. The molecule has 3 nitrogen and oxygen atoms in total. The van der Waals surface area contributed by atoms with Crippen molar-refractivity contribution in [2.75, 3.05) is 6.61 Å². The average Bonchev–Trinajstić information content (AvgIpc) is 2.80. The summed E-state index contributed by atoms with van der Waals surface area (Å²) < 4.78 is 21.3. The maximum Gasteiger partial charge on any atom is 0.309 e. The fraction of sp³-hybridized carbons (Fsp3) is 0.526. The number of nitrogens with zero attached hydrogens (tertiary/aromatic N) is 1. The first-order chi connectivity index (χ1) is 11.0. The third-order valence-electron chi connectivity index (χ3n) is 4.60. The molecule has 0 saturated heterocycles. The second kappa shape index (κ2) is 6.34. The van der Waals surface area contributed by atoms with Crippen LogP contribution in [0.15, 0.2) is 18.2 Å². The Bertz CT molecular complexity index is 733. The van der Waals surface area contributed by atoms with E-state index in [1.807, 2.05) is 13.0 Å². The number of hydrogen-bond acceptors (Lipinski definition) is 2. The van der Waals surface area contributed by atoms with E-state index >= 15 is 0 Å². The Morgan fingerprint density at radius 2 is 2.22 bits per heavy atom. The number of fused-ring (bicyclic) bond motifs is 3. The van der Waals surface area contributed by atoms with Gasteiger partial charge < -0.3 is 9.30 Å². The van der Waals surface area contributed by atoms with E-state index < -0.39 is 0 Å². The molecule has 0 aliphatic heterocycles.